The number of ether oxygens (including phenoxy) is 1. The molecule has 168 valence electrons. The van der Waals surface area contributed by atoms with Gasteiger partial charge in [0.25, 0.3) is 5.91 Å². The number of carbonyl (C=O) groups is 2. The molecule has 0 aliphatic carbocycles. The van der Waals surface area contributed by atoms with E-state index in [9.17, 15) is 19.8 Å². The number of aliphatic hydroxyl groups excluding tert-OH is 1. The minimum atomic E-state index is -0.785. The number of phenols is 2. The number of aromatic hydroxyl groups is 2. The van der Waals surface area contributed by atoms with Gasteiger partial charge in [-0.3, -0.25) is 4.79 Å². The van der Waals surface area contributed by atoms with Crippen LogP contribution in [0.3, 0.4) is 0 Å². The van der Waals surface area contributed by atoms with Crippen LogP contribution in [0.4, 0.5) is 0 Å². The number of allylic oxidation sites excluding steroid dienone is 3. The molecule has 0 unspecified atom stereocenters. The van der Waals surface area contributed by atoms with E-state index < -0.39 is 23.4 Å². The molecule has 1 aromatic rings. The van der Waals surface area contributed by atoms with E-state index in [4.69, 9.17) is 26.3 Å². The van der Waals surface area contributed by atoms with Crippen molar-refractivity contribution in [3.05, 3.63) is 46.5 Å². The molecule has 10 heteroatoms. The molecule has 0 radical (unpaired) electrons. The molecular weight excluding hydrogens is 428 g/mol. The molecule has 1 amide bonds. The molecule has 0 aromatic heterocycles. The predicted octanol–water partition coefficient (Wildman–Crippen LogP) is 2.23. The minimum absolute atomic E-state index is 0.0736. The summed E-state index contributed by atoms with van der Waals surface area (Å²) < 4.78 is 5.22. The highest BCUT2D eigenvalue weighted by molar-refractivity contribution is 6.33. The average Bonchev–Trinajstić information content (AvgIpc) is 2.73. The van der Waals surface area contributed by atoms with Crippen molar-refractivity contribution in [1.82, 2.24) is 5.32 Å². The zero-order valence-electron chi connectivity index (χ0n) is 16.8. The molecule has 0 spiro atoms. The Labute approximate surface area is 184 Å². The summed E-state index contributed by atoms with van der Waals surface area (Å²) >= 11 is 6.22. The molecule has 31 heavy (non-hydrogen) atoms. The second kappa shape index (κ2) is 12.6. The number of aliphatic hydroxyl groups is 1. The number of benzene rings is 1. The molecule has 9 nitrogen and oxygen atoms in total. The van der Waals surface area contributed by atoms with Crippen molar-refractivity contribution in [2.24, 2.45) is 5.16 Å². The van der Waals surface area contributed by atoms with Crippen LogP contribution in [-0.4, -0.2) is 59.3 Å². The Kier molecular flexibility index (Phi) is 9.86. The van der Waals surface area contributed by atoms with Crippen molar-refractivity contribution >= 4 is 29.2 Å². The van der Waals surface area contributed by atoms with E-state index >= 15 is 0 Å². The number of amides is 1. The molecule has 0 saturated carbocycles. The van der Waals surface area contributed by atoms with Crippen LogP contribution in [0, 0.1) is 0 Å². The van der Waals surface area contributed by atoms with Crippen LogP contribution in [0.5, 0.6) is 11.5 Å². The lowest BCUT2D eigenvalue weighted by atomic mass is 9.99. The van der Waals surface area contributed by atoms with Gasteiger partial charge in [-0.1, -0.05) is 35.0 Å². The van der Waals surface area contributed by atoms with Crippen LogP contribution in [-0.2, 0) is 20.8 Å². The van der Waals surface area contributed by atoms with Gasteiger partial charge in [-0.2, -0.15) is 0 Å². The van der Waals surface area contributed by atoms with E-state index in [1.165, 1.54) is 0 Å². The number of halogens is 1. The van der Waals surface area contributed by atoms with Crippen LogP contribution >= 0.6 is 11.6 Å². The summed E-state index contributed by atoms with van der Waals surface area (Å²) in [6, 6.07) is 0.972. The Morgan fingerprint density at radius 2 is 1.94 bits per heavy atom. The number of esters is 1. The molecule has 1 aromatic carbocycles. The molecule has 0 saturated heterocycles. The average molecular weight is 453 g/mol. The van der Waals surface area contributed by atoms with Gasteiger partial charge < -0.3 is 30.2 Å². The number of rotatable bonds is 5. The maximum Gasteiger partial charge on any atom is 0.342 e. The molecule has 0 bridgehead atoms. The van der Waals surface area contributed by atoms with Crippen molar-refractivity contribution in [3.8, 4) is 11.5 Å². The van der Waals surface area contributed by atoms with E-state index in [0.717, 1.165) is 12.5 Å². The fraction of sp³-hybridized carbons (Fsp3) is 0.381. The van der Waals surface area contributed by atoms with Crippen LogP contribution in [0.15, 0.2) is 35.5 Å². The van der Waals surface area contributed by atoms with Crippen molar-refractivity contribution in [1.29, 1.82) is 0 Å². The molecule has 1 heterocycles. The quantitative estimate of drug-likeness (QED) is 0.305. The van der Waals surface area contributed by atoms with Crippen LogP contribution < -0.4 is 5.32 Å². The molecule has 0 fully saturated rings. The summed E-state index contributed by atoms with van der Waals surface area (Å²) in [5.74, 6) is -2.13. The SMILES string of the molecule is O=C(CON=C1C=CCCC=CCCOC(=O)c2c(O)cc(O)c(Cl)c2C1)NCCO. The normalized spacial score (nSPS) is 16.3. The van der Waals surface area contributed by atoms with Gasteiger partial charge in [0.15, 0.2) is 6.61 Å². The molecule has 0 atom stereocenters. The maximum absolute atomic E-state index is 12.6. The largest absolute Gasteiger partial charge is 0.507 e. The number of hydrogen-bond acceptors (Lipinski definition) is 8. The smallest absolute Gasteiger partial charge is 0.342 e. The van der Waals surface area contributed by atoms with E-state index in [1.54, 1.807) is 6.08 Å². The molecule has 1 aliphatic rings. The standard InChI is InChI=1S/C21H25ClN2O7/c22-20-15-11-14(24-31-13-18(28)23-8-9-25)7-5-3-1-2-4-6-10-30-21(29)19(15)16(26)12-17(20)27/h2,4-5,7,12,25-27H,1,3,6,8-11,13H2,(H,23,28). The van der Waals surface area contributed by atoms with Crippen LogP contribution in [0.25, 0.3) is 0 Å². The van der Waals surface area contributed by atoms with Gasteiger partial charge in [-0.05, 0) is 30.9 Å². The number of nitrogens with one attached hydrogen (secondary N) is 1. The summed E-state index contributed by atoms with van der Waals surface area (Å²) in [4.78, 5) is 29.3. The lowest BCUT2D eigenvalue weighted by Crippen LogP contribution is -2.29. The summed E-state index contributed by atoms with van der Waals surface area (Å²) in [5.41, 5.74) is 0.246. The Morgan fingerprint density at radius 1 is 1.19 bits per heavy atom. The number of phenolic OH excluding ortho intramolecular Hbond substituents is 2. The fourth-order valence-electron chi connectivity index (χ4n) is 2.74. The van der Waals surface area contributed by atoms with E-state index in [1.807, 2.05) is 18.2 Å². The highest BCUT2D eigenvalue weighted by Gasteiger charge is 2.24. The fourth-order valence-corrected chi connectivity index (χ4v) is 2.96. The molecular formula is C21H25ClN2O7. The lowest BCUT2D eigenvalue weighted by molar-refractivity contribution is -0.125. The summed E-state index contributed by atoms with van der Waals surface area (Å²) in [7, 11) is 0. The Hall–Kier alpha value is -3.04. The highest BCUT2D eigenvalue weighted by Crippen LogP contribution is 2.37. The topological polar surface area (TPSA) is 138 Å². The van der Waals surface area contributed by atoms with Gasteiger partial charge in [0.2, 0.25) is 0 Å². The van der Waals surface area contributed by atoms with Crippen molar-refractivity contribution in [3.63, 3.8) is 0 Å². The van der Waals surface area contributed by atoms with Crippen molar-refractivity contribution in [2.45, 2.75) is 25.7 Å². The third kappa shape index (κ3) is 7.62. The van der Waals surface area contributed by atoms with Gasteiger partial charge in [0.05, 0.1) is 23.9 Å². The van der Waals surface area contributed by atoms with E-state index in [0.29, 0.717) is 18.6 Å². The van der Waals surface area contributed by atoms with Gasteiger partial charge in [0.1, 0.15) is 17.1 Å². The molecule has 2 rings (SSSR count). The van der Waals surface area contributed by atoms with Crippen LogP contribution in [0.1, 0.15) is 35.2 Å². The summed E-state index contributed by atoms with van der Waals surface area (Å²) in [6.07, 6.45) is 9.27. The third-order valence-electron chi connectivity index (χ3n) is 4.19. The highest BCUT2D eigenvalue weighted by atomic mass is 35.5. The number of hydrogen-bond donors (Lipinski definition) is 4. The number of cyclic esters (lactones) is 1. The predicted molar refractivity (Wildman–Crippen MR) is 114 cm³/mol. The first-order valence-electron chi connectivity index (χ1n) is 9.72. The zero-order chi connectivity index (χ0) is 22.6. The Bertz CT molecular complexity index is 881. The van der Waals surface area contributed by atoms with Gasteiger partial charge in [0, 0.05) is 19.0 Å². The lowest BCUT2D eigenvalue weighted by Gasteiger charge is -2.14. The Balaban J connectivity index is 2.36. The second-order valence-corrected chi connectivity index (χ2v) is 6.94. The van der Waals surface area contributed by atoms with Gasteiger partial charge in [-0.25, -0.2) is 4.79 Å². The first-order valence-corrected chi connectivity index (χ1v) is 10.1. The molecule has 4 N–H and O–H groups in total. The summed E-state index contributed by atoms with van der Waals surface area (Å²) in [5, 5.41) is 35.2. The van der Waals surface area contributed by atoms with E-state index in [2.05, 4.69) is 10.5 Å². The number of nitrogens with zero attached hydrogens (tertiary/aromatic N) is 1. The Morgan fingerprint density at radius 3 is 2.71 bits per heavy atom. The zero-order valence-corrected chi connectivity index (χ0v) is 17.6. The maximum atomic E-state index is 12.6. The first-order chi connectivity index (χ1) is 14.9. The third-order valence-corrected chi connectivity index (χ3v) is 4.61. The number of fused-ring (bicyclic) bond motifs is 1. The number of oxime groups is 1. The van der Waals surface area contributed by atoms with Gasteiger partial charge in [-0.15, -0.1) is 0 Å². The van der Waals surface area contributed by atoms with Crippen molar-refractivity contribution < 1.29 is 34.5 Å². The minimum Gasteiger partial charge on any atom is -0.507 e. The first kappa shape index (κ1) is 24.2. The second-order valence-electron chi connectivity index (χ2n) is 6.56. The van der Waals surface area contributed by atoms with E-state index in [-0.39, 0.29) is 48.9 Å². The monoisotopic (exact) mass is 452 g/mol. The van der Waals surface area contributed by atoms with Crippen molar-refractivity contribution in [2.75, 3.05) is 26.4 Å². The number of carbonyl (C=O) groups excluding carboxylic acids is 2. The molecule has 1 aliphatic heterocycles. The van der Waals surface area contributed by atoms with Crippen LogP contribution in [0.2, 0.25) is 5.02 Å². The van der Waals surface area contributed by atoms with Gasteiger partial charge >= 0.3 is 5.97 Å². The summed E-state index contributed by atoms with van der Waals surface area (Å²) in [6.45, 7) is -0.366.